The Morgan fingerprint density at radius 1 is 1.04 bits per heavy atom. The number of amides is 1. The molecule has 2 N–H and O–H groups in total. The van der Waals surface area contributed by atoms with Gasteiger partial charge in [0.25, 0.3) is 5.91 Å². The molecule has 0 radical (unpaired) electrons. The number of carbonyl (C=O) groups excluding carboxylic acids is 1. The first kappa shape index (κ1) is 32.1. The van der Waals surface area contributed by atoms with Crippen LogP contribution in [0.5, 0.6) is 0 Å². The predicted molar refractivity (Wildman–Crippen MR) is 161 cm³/mol. The Balaban J connectivity index is 1.10. The summed E-state index contributed by atoms with van der Waals surface area (Å²) in [5, 5.41) is 20.5. The van der Waals surface area contributed by atoms with Gasteiger partial charge in [0.05, 0.1) is 23.7 Å². The summed E-state index contributed by atoms with van der Waals surface area (Å²) >= 11 is 0. The molecule has 1 amide bonds. The van der Waals surface area contributed by atoms with Crippen molar-refractivity contribution in [3.05, 3.63) is 29.3 Å². The third kappa shape index (κ3) is 5.70. The Labute approximate surface area is 267 Å². The number of nitrogens with zero attached hydrogens (tertiary/aromatic N) is 3. The molecule has 8 rings (SSSR count). The zero-order chi connectivity index (χ0) is 32.6. The van der Waals surface area contributed by atoms with Crippen molar-refractivity contribution in [3.8, 4) is 0 Å². The number of carboxylic acid groups (broad SMARTS) is 1. The largest absolute Gasteiger partial charge is 0.481 e. The van der Waals surface area contributed by atoms with E-state index >= 15 is 4.39 Å². The van der Waals surface area contributed by atoms with Crippen LogP contribution in [0.3, 0.4) is 0 Å². The average Bonchev–Trinajstić information content (AvgIpc) is 3.59. The van der Waals surface area contributed by atoms with E-state index in [2.05, 4.69) is 4.90 Å². The number of benzene rings is 1. The van der Waals surface area contributed by atoms with Crippen LogP contribution in [0.4, 0.5) is 23.2 Å². The number of halogens is 4. The van der Waals surface area contributed by atoms with Gasteiger partial charge in [-0.2, -0.15) is 13.2 Å². The van der Waals surface area contributed by atoms with E-state index in [0.29, 0.717) is 61.5 Å². The van der Waals surface area contributed by atoms with Gasteiger partial charge < -0.3 is 24.7 Å². The Morgan fingerprint density at radius 2 is 1.74 bits per heavy atom. The number of hydrogen-bond acceptors (Lipinski definition) is 6. The van der Waals surface area contributed by atoms with Gasteiger partial charge in [-0.15, -0.1) is 0 Å². The van der Waals surface area contributed by atoms with Crippen molar-refractivity contribution in [2.45, 2.75) is 80.8 Å². The first-order valence-electron chi connectivity index (χ1n) is 16.9. The van der Waals surface area contributed by atoms with Gasteiger partial charge in [-0.25, -0.2) is 4.39 Å². The highest BCUT2D eigenvalue weighted by molar-refractivity contribution is 5.86. The lowest BCUT2D eigenvalue weighted by molar-refractivity contribution is -0.160. The number of piperidine rings is 1. The summed E-state index contributed by atoms with van der Waals surface area (Å²) in [7, 11) is 1.54. The van der Waals surface area contributed by atoms with Crippen LogP contribution >= 0.6 is 0 Å². The van der Waals surface area contributed by atoms with E-state index in [1.165, 1.54) is 6.07 Å². The zero-order valence-corrected chi connectivity index (χ0v) is 26.4. The van der Waals surface area contributed by atoms with Crippen LogP contribution in [0.25, 0.3) is 0 Å². The standard InChI is InChI=1S/C34H45F4N3O5/c1-46-18-24-16-41(31(44)33(35)6-9-40(19-33)29-22-10-20-11-23(29)15-32(45,13-20)14-22)17-27(24)26-3-2-25(34(36,37)38)12-28(26)39-7-4-21(5-8-39)30(42)43/h2-3,12,20-24,27,29,45H,4-11,13-19H2,1H3,(H,42,43)/t20-,22-,23+,24-,27+,29-,32-,33-/m1/s1. The van der Waals surface area contributed by atoms with Crippen LogP contribution in [0.1, 0.15) is 68.4 Å². The predicted octanol–water partition coefficient (Wildman–Crippen LogP) is 4.55. The molecule has 4 bridgehead atoms. The minimum Gasteiger partial charge on any atom is -0.481 e. The number of rotatable bonds is 7. The lowest BCUT2D eigenvalue weighted by atomic mass is 9.52. The molecule has 0 spiro atoms. The summed E-state index contributed by atoms with van der Waals surface area (Å²) in [4.78, 5) is 31.1. The van der Waals surface area contributed by atoms with Gasteiger partial charge in [-0.05, 0) is 80.4 Å². The maximum atomic E-state index is 16.7. The molecule has 1 aromatic rings. The number of carbonyl (C=O) groups is 2. The van der Waals surface area contributed by atoms with Crippen molar-refractivity contribution >= 4 is 17.6 Å². The fourth-order valence-corrected chi connectivity index (χ4v) is 10.5. The van der Waals surface area contributed by atoms with Crippen LogP contribution in [-0.4, -0.2) is 102 Å². The quantitative estimate of drug-likeness (QED) is 0.418. The average molecular weight is 652 g/mol. The van der Waals surface area contributed by atoms with E-state index in [1.807, 2.05) is 4.90 Å². The topological polar surface area (TPSA) is 93.6 Å². The van der Waals surface area contributed by atoms with Crippen molar-refractivity contribution in [1.82, 2.24) is 9.80 Å². The van der Waals surface area contributed by atoms with E-state index in [0.717, 1.165) is 44.2 Å². The molecule has 46 heavy (non-hydrogen) atoms. The Kier molecular flexibility index (Phi) is 8.11. The number of likely N-dealkylation sites (tertiary alicyclic amines) is 2. The second-order valence-corrected chi connectivity index (χ2v) is 15.3. The van der Waals surface area contributed by atoms with E-state index in [-0.39, 0.29) is 50.5 Å². The molecule has 3 aliphatic heterocycles. The Bertz CT molecular complexity index is 1340. The van der Waals surface area contributed by atoms with Gasteiger partial charge in [-0.3, -0.25) is 14.5 Å². The summed E-state index contributed by atoms with van der Waals surface area (Å²) in [5.74, 6) is -1.42. The third-order valence-corrected chi connectivity index (χ3v) is 12.3. The van der Waals surface area contributed by atoms with Crippen molar-refractivity contribution < 1.29 is 42.1 Å². The van der Waals surface area contributed by atoms with Crippen LogP contribution in [0, 0.1) is 29.6 Å². The Morgan fingerprint density at radius 3 is 2.35 bits per heavy atom. The summed E-state index contributed by atoms with van der Waals surface area (Å²) < 4.78 is 63.7. The first-order chi connectivity index (χ1) is 21.8. The second-order valence-electron chi connectivity index (χ2n) is 15.3. The number of methoxy groups -OCH3 is 1. The molecule has 8 atom stereocenters. The number of ether oxygens (including phenoxy) is 1. The molecule has 7 aliphatic rings. The SMILES string of the molecule is COC[C@H]1CN(C(=O)[C@@]2(F)CCN([C@@H]3[C@@H]4C[C@@H]5C[C@H]3C[C@@](O)(C5)C4)C2)C[C@@H]1c1ccc(C(F)(F)F)cc1N1CCC(C(=O)O)CC1. The fourth-order valence-electron chi connectivity index (χ4n) is 10.5. The van der Waals surface area contributed by atoms with Gasteiger partial charge in [0.2, 0.25) is 5.67 Å². The number of hydrogen-bond donors (Lipinski definition) is 2. The molecule has 254 valence electrons. The second kappa shape index (κ2) is 11.6. The maximum Gasteiger partial charge on any atom is 0.416 e. The third-order valence-electron chi connectivity index (χ3n) is 12.3. The van der Waals surface area contributed by atoms with E-state index in [9.17, 15) is 33.0 Å². The monoisotopic (exact) mass is 651 g/mol. The molecule has 0 unspecified atom stereocenters. The van der Waals surface area contributed by atoms with E-state index in [4.69, 9.17) is 4.74 Å². The highest BCUT2D eigenvalue weighted by Crippen LogP contribution is 2.57. The van der Waals surface area contributed by atoms with E-state index < -0.39 is 40.8 Å². The van der Waals surface area contributed by atoms with Crippen LogP contribution < -0.4 is 4.90 Å². The van der Waals surface area contributed by atoms with Crippen molar-refractivity contribution in [2.75, 3.05) is 57.9 Å². The summed E-state index contributed by atoms with van der Waals surface area (Å²) in [6.07, 6.45) is 0.700. The lowest BCUT2D eigenvalue weighted by Gasteiger charge is -2.60. The molecule has 1 aromatic carbocycles. The highest BCUT2D eigenvalue weighted by Gasteiger charge is 2.59. The number of carboxylic acids is 1. The highest BCUT2D eigenvalue weighted by atomic mass is 19.4. The molecule has 3 saturated heterocycles. The van der Waals surface area contributed by atoms with Crippen molar-refractivity contribution in [1.29, 1.82) is 0 Å². The molecular formula is C34H45F4N3O5. The van der Waals surface area contributed by atoms with Gasteiger partial charge >= 0.3 is 12.1 Å². The summed E-state index contributed by atoms with van der Waals surface area (Å²) in [6, 6.07) is 3.86. The summed E-state index contributed by atoms with van der Waals surface area (Å²) in [5.41, 5.74) is -2.37. The maximum absolute atomic E-state index is 16.7. The normalized spacial score (nSPS) is 38.2. The smallest absolute Gasteiger partial charge is 0.416 e. The van der Waals surface area contributed by atoms with Gasteiger partial charge in [0, 0.05) is 76.4 Å². The molecule has 12 heteroatoms. The number of alkyl halides is 4. The van der Waals surface area contributed by atoms with Gasteiger partial charge in [0.15, 0.2) is 0 Å². The minimum absolute atomic E-state index is 0.0345. The Hall–Kier alpha value is -2.44. The summed E-state index contributed by atoms with van der Waals surface area (Å²) in [6.45, 7) is 1.82. The molecule has 8 nitrogen and oxygen atoms in total. The van der Waals surface area contributed by atoms with Crippen LogP contribution in [0.15, 0.2) is 18.2 Å². The molecule has 4 saturated carbocycles. The first-order valence-corrected chi connectivity index (χ1v) is 16.9. The molecular weight excluding hydrogens is 606 g/mol. The van der Waals surface area contributed by atoms with E-state index in [1.54, 1.807) is 12.0 Å². The molecule has 3 heterocycles. The molecule has 0 aromatic heterocycles. The minimum atomic E-state index is -4.56. The van der Waals surface area contributed by atoms with Crippen LogP contribution in [0.2, 0.25) is 0 Å². The van der Waals surface area contributed by atoms with Gasteiger partial charge in [-0.1, -0.05) is 6.07 Å². The van der Waals surface area contributed by atoms with Crippen molar-refractivity contribution in [2.24, 2.45) is 29.6 Å². The van der Waals surface area contributed by atoms with Gasteiger partial charge in [0.1, 0.15) is 0 Å². The number of aliphatic carboxylic acids is 1. The lowest BCUT2D eigenvalue weighted by Crippen LogP contribution is -2.61. The van der Waals surface area contributed by atoms with Crippen molar-refractivity contribution in [3.63, 3.8) is 0 Å². The number of anilines is 1. The molecule has 4 aliphatic carbocycles. The fraction of sp³-hybridized carbons (Fsp3) is 0.765. The van der Waals surface area contributed by atoms with Crippen LogP contribution in [-0.2, 0) is 20.5 Å². The molecule has 7 fully saturated rings. The zero-order valence-electron chi connectivity index (χ0n) is 26.4. The number of aliphatic hydroxyl groups is 1.